The van der Waals surface area contributed by atoms with E-state index in [9.17, 15) is 0 Å². The van der Waals surface area contributed by atoms with Gasteiger partial charge in [-0.2, -0.15) is 0 Å². The van der Waals surface area contributed by atoms with E-state index >= 15 is 4.39 Å². The molecule has 4 saturated carbocycles. The first-order chi connectivity index (χ1) is 13.5. The van der Waals surface area contributed by atoms with Gasteiger partial charge in [0.15, 0.2) is 0 Å². The van der Waals surface area contributed by atoms with E-state index in [4.69, 9.17) is 5.73 Å². The Bertz CT molecular complexity index is 640. The lowest BCUT2D eigenvalue weighted by molar-refractivity contribution is -0.180. The van der Waals surface area contributed by atoms with Gasteiger partial charge >= 0.3 is 0 Å². The normalized spacial score (nSPS) is 52.9. The Labute approximate surface area is 179 Å². The fraction of sp³-hybridized carbons (Fsp3) is 0.926. The standard InChI is InChI=1S/C27H46FN/c1-17(2)7-8-18(3)21-9-10-22-24-23(12-14-26(21,22)5)25(4)13-11-20(29)15-19(25)16-27(24,6)28/h18-24H,1,7-16,29H2,2-6H3. The van der Waals surface area contributed by atoms with Gasteiger partial charge in [0, 0.05) is 6.04 Å². The summed E-state index contributed by atoms with van der Waals surface area (Å²) in [6, 6.07) is 0.291. The summed E-state index contributed by atoms with van der Waals surface area (Å²) in [6.45, 7) is 15.8. The number of hydrogen-bond donors (Lipinski definition) is 1. The molecule has 0 aromatic carbocycles. The highest BCUT2D eigenvalue weighted by Gasteiger charge is 2.66. The van der Waals surface area contributed by atoms with Crippen LogP contribution in [0.2, 0.25) is 0 Å². The number of rotatable bonds is 4. The average molecular weight is 404 g/mol. The van der Waals surface area contributed by atoms with Crippen molar-refractivity contribution in [3.8, 4) is 0 Å². The first-order valence-corrected chi connectivity index (χ1v) is 12.6. The van der Waals surface area contributed by atoms with Gasteiger partial charge in [-0.25, -0.2) is 4.39 Å². The predicted molar refractivity (Wildman–Crippen MR) is 121 cm³/mol. The Hall–Kier alpha value is -0.370. The van der Waals surface area contributed by atoms with Crippen molar-refractivity contribution in [2.75, 3.05) is 0 Å². The van der Waals surface area contributed by atoms with E-state index in [1.165, 1.54) is 44.1 Å². The highest BCUT2D eigenvalue weighted by molar-refractivity contribution is 5.15. The van der Waals surface area contributed by atoms with E-state index in [0.29, 0.717) is 34.6 Å². The monoisotopic (exact) mass is 403 g/mol. The Morgan fingerprint density at radius 2 is 1.72 bits per heavy atom. The van der Waals surface area contributed by atoms with Gasteiger partial charge < -0.3 is 5.73 Å². The molecular formula is C27H46FN. The van der Waals surface area contributed by atoms with Crippen molar-refractivity contribution in [3.05, 3.63) is 12.2 Å². The number of allylic oxidation sites excluding steroid dienone is 1. The summed E-state index contributed by atoms with van der Waals surface area (Å²) < 4.78 is 16.4. The molecule has 10 atom stereocenters. The topological polar surface area (TPSA) is 26.0 Å². The number of alkyl halides is 1. The molecule has 1 nitrogen and oxygen atoms in total. The van der Waals surface area contributed by atoms with Crippen molar-refractivity contribution in [1.82, 2.24) is 0 Å². The van der Waals surface area contributed by atoms with Gasteiger partial charge in [0.05, 0.1) is 0 Å². The van der Waals surface area contributed by atoms with Crippen LogP contribution in [-0.4, -0.2) is 11.7 Å². The van der Waals surface area contributed by atoms with E-state index in [-0.39, 0.29) is 5.92 Å². The molecular weight excluding hydrogens is 357 g/mol. The quantitative estimate of drug-likeness (QED) is 0.489. The van der Waals surface area contributed by atoms with Crippen molar-refractivity contribution >= 4 is 0 Å². The van der Waals surface area contributed by atoms with Crippen molar-refractivity contribution in [1.29, 1.82) is 0 Å². The molecule has 0 heterocycles. The number of fused-ring (bicyclic) bond motifs is 5. The van der Waals surface area contributed by atoms with Gasteiger partial charge in [-0.1, -0.05) is 26.3 Å². The van der Waals surface area contributed by atoms with E-state index in [1.807, 2.05) is 6.92 Å². The summed E-state index contributed by atoms with van der Waals surface area (Å²) >= 11 is 0. The third kappa shape index (κ3) is 3.44. The van der Waals surface area contributed by atoms with Crippen molar-refractivity contribution in [2.24, 2.45) is 52.1 Å². The van der Waals surface area contributed by atoms with Crippen LogP contribution in [0.4, 0.5) is 4.39 Å². The van der Waals surface area contributed by atoms with Crippen molar-refractivity contribution < 1.29 is 4.39 Å². The second-order valence-corrected chi connectivity index (χ2v) is 12.7. The van der Waals surface area contributed by atoms with Crippen molar-refractivity contribution in [2.45, 2.75) is 111 Å². The lowest BCUT2D eigenvalue weighted by Gasteiger charge is -2.64. The second-order valence-electron chi connectivity index (χ2n) is 12.7. The minimum Gasteiger partial charge on any atom is -0.328 e. The molecule has 0 radical (unpaired) electrons. The maximum absolute atomic E-state index is 16.4. The zero-order valence-electron chi connectivity index (χ0n) is 19.8. The molecule has 4 aliphatic carbocycles. The first kappa shape index (κ1) is 21.8. The van der Waals surface area contributed by atoms with Gasteiger partial charge in [-0.05, 0) is 124 Å². The van der Waals surface area contributed by atoms with Crippen LogP contribution >= 0.6 is 0 Å². The fourth-order valence-corrected chi connectivity index (χ4v) is 9.24. The van der Waals surface area contributed by atoms with Gasteiger partial charge in [0.1, 0.15) is 5.67 Å². The average Bonchev–Trinajstić information content (AvgIpc) is 2.98. The van der Waals surface area contributed by atoms with Crippen LogP contribution in [-0.2, 0) is 0 Å². The van der Waals surface area contributed by atoms with E-state index in [0.717, 1.165) is 37.5 Å². The third-order valence-corrected chi connectivity index (χ3v) is 10.8. The highest BCUT2D eigenvalue weighted by Crippen LogP contribution is 2.70. The molecule has 0 spiro atoms. The lowest BCUT2D eigenvalue weighted by Crippen LogP contribution is -2.61. The van der Waals surface area contributed by atoms with Gasteiger partial charge in [-0.3, -0.25) is 0 Å². The molecule has 0 aliphatic heterocycles. The van der Waals surface area contributed by atoms with Crippen LogP contribution < -0.4 is 5.73 Å². The highest BCUT2D eigenvalue weighted by atomic mass is 19.1. The molecule has 2 heteroatoms. The van der Waals surface area contributed by atoms with Crippen LogP contribution in [0.25, 0.3) is 0 Å². The minimum atomic E-state index is -1.02. The summed E-state index contributed by atoms with van der Waals surface area (Å²) in [4.78, 5) is 0. The summed E-state index contributed by atoms with van der Waals surface area (Å²) in [5.41, 5.74) is 7.27. The van der Waals surface area contributed by atoms with Crippen LogP contribution in [0, 0.1) is 46.3 Å². The van der Waals surface area contributed by atoms with Crippen LogP contribution in [0.1, 0.15) is 98.8 Å². The molecule has 0 aromatic rings. The molecule has 166 valence electrons. The van der Waals surface area contributed by atoms with E-state index in [2.05, 4.69) is 34.3 Å². The van der Waals surface area contributed by atoms with Crippen LogP contribution in [0.15, 0.2) is 12.2 Å². The second kappa shape index (κ2) is 7.35. The lowest BCUT2D eigenvalue weighted by atomic mass is 9.41. The Morgan fingerprint density at radius 1 is 1.07 bits per heavy atom. The summed E-state index contributed by atoms with van der Waals surface area (Å²) in [5, 5.41) is 0. The number of nitrogens with two attached hydrogens (primary N) is 1. The molecule has 4 rings (SSSR count). The van der Waals surface area contributed by atoms with Crippen LogP contribution in [0.5, 0.6) is 0 Å². The number of halogens is 1. The predicted octanol–water partition coefficient (Wildman–Crippen LogP) is 7.30. The molecule has 4 fully saturated rings. The molecule has 2 N–H and O–H groups in total. The zero-order valence-corrected chi connectivity index (χ0v) is 19.8. The first-order valence-electron chi connectivity index (χ1n) is 12.6. The Morgan fingerprint density at radius 3 is 2.41 bits per heavy atom. The Kier molecular flexibility index (Phi) is 5.54. The Balaban J connectivity index is 1.60. The van der Waals surface area contributed by atoms with Gasteiger partial charge in [0.25, 0.3) is 0 Å². The zero-order chi connectivity index (χ0) is 21.2. The molecule has 29 heavy (non-hydrogen) atoms. The van der Waals surface area contributed by atoms with Gasteiger partial charge in [-0.15, -0.1) is 6.58 Å². The molecule has 0 saturated heterocycles. The molecule has 0 aromatic heterocycles. The van der Waals surface area contributed by atoms with Crippen LogP contribution in [0.3, 0.4) is 0 Å². The molecule has 0 bridgehead atoms. The molecule has 10 unspecified atom stereocenters. The molecule has 0 amide bonds. The molecule has 4 aliphatic rings. The smallest absolute Gasteiger partial charge is 0.112 e. The third-order valence-electron chi connectivity index (χ3n) is 10.8. The minimum absolute atomic E-state index is 0.259. The largest absolute Gasteiger partial charge is 0.328 e. The van der Waals surface area contributed by atoms with Crippen molar-refractivity contribution in [3.63, 3.8) is 0 Å². The summed E-state index contributed by atoms with van der Waals surface area (Å²) in [5.74, 6) is 3.36. The summed E-state index contributed by atoms with van der Waals surface area (Å²) in [6.07, 6.45) is 11.7. The summed E-state index contributed by atoms with van der Waals surface area (Å²) in [7, 11) is 0. The number of hydrogen-bond acceptors (Lipinski definition) is 1. The fourth-order valence-electron chi connectivity index (χ4n) is 9.24. The maximum Gasteiger partial charge on any atom is 0.112 e. The SMILES string of the molecule is C=C(C)CCC(C)C1CCC2C3C(CCC12C)C1(C)CCC(N)CC1CC3(C)F. The maximum atomic E-state index is 16.4. The van der Waals surface area contributed by atoms with E-state index in [1.54, 1.807) is 0 Å². The van der Waals surface area contributed by atoms with E-state index < -0.39 is 5.67 Å². The van der Waals surface area contributed by atoms with Gasteiger partial charge in [0.2, 0.25) is 0 Å².